The number of likely N-dealkylation sites (N-methyl/N-ethyl adjacent to an activating group) is 1. The van der Waals surface area contributed by atoms with Gasteiger partial charge in [0, 0.05) is 30.5 Å². The van der Waals surface area contributed by atoms with E-state index < -0.39 is 11.9 Å². The molecule has 1 unspecified atom stereocenters. The molecule has 4 N–H and O–H groups in total. The van der Waals surface area contributed by atoms with E-state index in [-0.39, 0.29) is 25.0 Å². The van der Waals surface area contributed by atoms with Gasteiger partial charge in [0.05, 0.1) is 20.3 Å². The van der Waals surface area contributed by atoms with Crippen molar-refractivity contribution in [3.63, 3.8) is 0 Å². The van der Waals surface area contributed by atoms with Crippen LogP contribution in [0.2, 0.25) is 0 Å². The Hall–Kier alpha value is -2.65. The molecule has 1 aromatic rings. The number of carbonyl (C=O) groups excluding carboxylic acids is 3. The Labute approximate surface area is 177 Å². The molecule has 1 saturated carbocycles. The van der Waals surface area contributed by atoms with Gasteiger partial charge >= 0.3 is 6.03 Å². The van der Waals surface area contributed by atoms with E-state index in [1.165, 1.54) is 0 Å². The van der Waals surface area contributed by atoms with Crippen molar-refractivity contribution in [3.05, 3.63) is 24.3 Å². The molecule has 1 heterocycles. The molecule has 1 aromatic carbocycles. The third kappa shape index (κ3) is 7.00. The fraction of sp³-hybridized carbons (Fsp3) is 0.571. The normalized spacial score (nSPS) is 18.0. The molecule has 1 saturated heterocycles. The smallest absolute Gasteiger partial charge is 0.321 e. The third-order valence-corrected chi connectivity index (χ3v) is 5.40. The van der Waals surface area contributed by atoms with Crippen LogP contribution in [0.25, 0.3) is 0 Å². The largest absolute Gasteiger partial charge is 0.378 e. The molecule has 0 radical (unpaired) electrons. The van der Waals surface area contributed by atoms with Crippen molar-refractivity contribution in [1.82, 2.24) is 10.6 Å². The number of ether oxygens (including phenoxy) is 1. The van der Waals surface area contributed by atoms with E-state index >= 15 is 0 Å². The number of imide groups is 1. The summed E-state index contributed by atoms with van der Waals surface area (Å²) in [5.74, 6) is -0.583. The van der Waals surface area contributed by atoms with Crippen LogP contribution in [0.5, 0.6) is 0 Å². The van der Waals surface area contributed by atoms with Gasteiger partial charge in [0.25, 0.3) is 11.8 Å². The Morgan fingerprint density at radius 3 is 2.33 bits per heavy atom. The number of urea groups is 1. The zero-order valence-corrected chi connectivity index (χ0v) is 17.5. The van der Waals surface area contributed by atoms with Gasteiger partial charge < -0.3 is 25.2 Å². The van der Waals surface area contributed by atoms with Gasteiger partial charge in [0.1, 0.15) is 0 Å². The van der Waals surface area contributed by atoms with E-state index in [0.717, 1.165) is 57.7 Å². The second kappa shape index (κ2) is 10.9. The fourth-order valence-electron chi connectivity index (χ4n) is 3.86. The monoisotopic (exact) mass is 418 g/mol. The average molecular weight is 419 g/mol. The van der Waals surface area contributed by atoms with Gasteiger partial charge in [0.2, 0.25) is 0 Å². The molecular formula is C21H32N5O4+. The Morgan fingerprint density at radius 1 is 1.03 bits per heavy atom. The summed E-state index contributed by atoms with van der Waals surface area (Å²) in [5.41, 5.74) is 1.82. The topological polar surface area (TPSA) is 104 Å². The molecule has 4 amide bonds. The molecule has 0 spiro atoms. The van der Waals surface area contributed by atoms with E-state index in [9.17, 15) is 14.4 Å². The van der Waals surface area contributed by atoms with E-state index in [0.29, 0.717) is 10.6 Å². The number of rotatable bonds is 7. The lowest BCUT2D eigenvalue weighted by Crippen LogP contribution is -3.11. The molecule has 30 heavy (non-hydrogen) atoms. The van der Waals surface area contributed by atoms with Crippen LogP contribution in [0, 0.1) is 0 Å². The number of quaternary nitrogens is 1. The summed E-state index contributed by atoms with van der Waals surface area (Å²) in [6.07, 6.45) is 4.13. The van der Waals surface area contributed by atoms with Crippen LogP contribution >= 0.6 is 0 Å². The van der Waals surface area contributed by atoms with Gasteiger partial charge in [-0.3, -0.25) is 14.9 Å². The van der Waals surface area contributed by atoms with Crippen molar-refractivity contribution < 1.29 is 24.0 Å². The standard InChI is InChI=1S/C21H31N5O4/c1-25(15-20(28)24-21(29)23-16-4-2-3-5-16)14-19(27)22-17-6-8-18(9-7-17)26-10-12-30-13-11-26/h6-9,16H,2-5,10-15H2,1H3,(H,22,27)(H2,23,24,28,29)/p+1. The van der Waals surface area contributed by atoms with Crippen LogP contribution in [0.3, 0.4) is 0 Å². The Morgan fingerprint density at radius 2 is 1.67 bits per heavy atom. The van der Waals surface area contributed by atoms with E-state index in [1.807, 2.05) is 24.3 Å². The van der Waals surface area contributed by atoms with E-state index in [2.05, 4.69) is 20.9 Å². The zero-order valence-electron chi connectivity index (χ0n) is 17.5. The first kappa shape index (κ1) is 22.0. The summed E-state index contributed by atoms with van der Waals surface area (Å²) in [6.45, 7) is 3.35. The quantitative estimate of drug-likeness (QED) is 0.489. The summed E-state index contributed by atoms with van der Waals surface area (Å²) >= 11 is 0. The molecule has 2 fully saturated rings. The molecule has 3 rings (SSSR count). The fourth-order valence-corrected chi connectivity index (χ4v) is 3.86. The number of benzene rings is 1. The van der Waals surface area contributed by atoms with Crippen LogP contribution in [0.15, 0.2) is 24.3 Å². The molecule has 2 aliphatic rings. The predicted molar refractivity (Wildman–Crippen MR) is 114 cm³/mol. The first-order valence-corrected chi connectivity index (χ1v) is 10.6. The molecule has 0 aromatic heterocycles. The van der Waals surface area contributed by atoms with Gasteiger partial charge in [-0.2, -0.15) is 0 Å². The minimum atomic E-state index is -0.454. The van der Waals surface area contributed by atoms with Crippen LogP contribution < -0.4 is 25.8 Å². The van der Waals surface area contributed by atoms with Gasteiger partial charge in [0.15, 0.2) is 13.1 Å². The molecular weight excluding hydrogens is 386 g/mol. The summed E-state index contributed by atoms with van der Waals surface area (Å²) < 4.78 is 5.36. The molecule has 1 aliphatic carbocycles. The van der Waals surface area contributed by atoms with Crippen LogP contribution in [0.1, 0.15) is 25.7 Å². The number of nitrogens with one attached hydrogen (secondary N) is 4. The van der Waals surface area contributed by atoms with Crippen molar-refractivity contribution in [2.75, 3.05) is 56.7 Å². The van der Waals surface area contributed by atoms with Gasteiger partial charge in [-0.1, -0.05) is 12.8 Å². The zero-order chi connectivity index (χ0) is 21.3. The number of anilines is 2. The Balaban J connectivity index is 1.37. The second-order valence-electron chi connectivity index (χ2n) is 8.01. The Bertz CT molecular complexity index is 727. The SMILES string of the molecule is C[NH+](CC(=O)NC(=O)NC1CCCC1)CC(=O)Nc1ccc(N2CCOCC2)cc1. The number of carbonyl (C=O) groups is 3. The number of morpholine rings is 1. The predicted octanol–water partition coefficient (Wildman–Crippen LogP) is -0.255. The summed E-state index contributed by atoms with van der Waals surface area (Å²) in [6, 6.07) is 7.41. The van der Waals surface area contributed by atoms with Gasteiger partial charge in [-0.15, -0.1) is 0 Å². The third-order valence-electron chi connectivity index (χ3n) is 5.40. The highest BCUT2D eigenvalue weighted by atomic mass is 16.5. The number of hydrogen-bond donors (Lipinski definition) is 4. The van der Waals surface area contributed by atoms with Crippen molar-refractivity contribution in [2.45, 2.75) is 31.7 Å². The number of hydrogen-bond acceptors (Lipinski definition) is 5. The first-order chi connectivity index (χ1) is 14.5. The number of amides is 4. The second-order valence-corrected chi connectivity index (χ2v) is 8.01. The maximum Gasteiger partial charge on any atom is 0.321 e. The molecule has 1 atom stereocenters. The highest BCUT2D eigenvalue weighted by Gasteiger charge is 2.20. The first-order valence-electron chi connectivity index (χ1n) is 10.6. The number of nitrogens with zero attached hydrogens (tertiary/aromatic N) is 1. The van der Waals surface area contributed by atoms with Crippen molar-refractivity contribution in [1.29, 1.82) is 0 Å². The highest BCUT2D eigenvalue weighted by Crippen LogP contribution is 2.19. The highest BCUT2D eigenvalue weighted by molar-refractivity contribution is 5.95. The molecule has 9 nitrogen and oxygen atoms in total. The van der Waals surface area contributed by atoms with E-state index in [4.69, 9.17) is 4.74 Å². The molecule has 1 aliphatic heterocycles. The summed E-state index contributed by atoms with van der Waals surface area (Å²) in [4.78, 5) is 39.1. The van der Waals surface area contributed by atoms with Crippen LogP contribution in [-0.2, 0) is 14.3 Å². The lowest BCUT2D eigenvalue weighted by molar-refractivity contribution is -0.862. The van der Waals surface area contributed by atoms with E-state index in [1.54, 1.807) is 7.05 Å². The average Bonchev–Trinajstić information content (AvgIpc) is 3.21. The summed E-state index contributed by atoms with van der Waals surface area (Å²) in [7, 11) is 1.75. The van der Waals surface area contributed by atoms with Crippen molar-refractivity contribution in [3.8, 4) is 0 Å². The maximum absolute atomic E-state index is 12.3. The lowest BCUT2D eigenvalue weighted by Gasteiger charge is -2.28. The van der Waals surface area contributed by atoms with Crippen molar-refractivity contribution in [2.24, 2.45) is 0 Å². The molecule has 9 heteroatoms. The maximum atomic E-state index is 12.3. The van der Waals surface area contributed by atoms with Gasteiger partial charge in [-0.25, -0.2) is 4.79 Å². The van der Waals surface area contributed by atoms with Crippen molar-refractivity contribution >= 4 is 29.2 Å². The minimum Gasteiger partial charge on any atom is -0.378 e. The Kier molecular flexibility index (Phi) is 8.04. The van der Waals surface area contributed by atoms with Gasteiger partial charge in [-0.05, 0) is 37.1 Å². The lowest BCUT2D eigenvalue weighted by atomic mass is 10.2. The molecule has 164 valence electrons. The minimum absolute atomic E-state index is 0.0431. The van der Waals surface area contributed by atoms with Crippen LogP contribution in [-0.4, -0.2) is 70.3 Å². The summed E-state index contributed by atoms with van der Waals surface area (Å²) in [5, 5.41) is 8.01. The molecule has 0 bridgehead atoms. The van der Waals surface area contributed by atoms with Crippen LogP contribution in [0.4, 0.5) is 16.2 Å².